The minimum atomic E-state index is -0.616. The summed E-state index contributed by atoms with van der Waals surface area (Å²) in [5.41, 5.74) is -0.616. The van der Waals surface area contributed by atoms with Crippen molar-refractivity contribution >= 4 is 0 Å². The van der Waals surface area contributed by atoms with Crippen molar-refractivity contribution in [3.63, 3.8) is 0 Å². The van der Waals surface area contributed by atoms with E-state index in [9.17, 15) is 5.11 Å². The van der Waals surface area contributed by atoms with E-state index < -0.39 is 5.60 Å². The second kappa shape index (κ2) is 4.53. The van der Waals surface area contributed by atoms with Crippen LogP contribution >= 0.6 is 0 Å². The summed E-state index contributed by atoms with van der Waals surface area (Å²) in [6.45, 7) is 4.26. The molecule has 0 amide bonds. The van der Waals surface area contributed by atoms with Crippen LogP contribution in [-0.2, 0) is 12.8 Å². The molecule has 1 N–H and O–H groups in total. The standard InChI is InChI=1S/C12H20N2O2/c1-3-4-10-13-11(16-14-10)8-12(15)6-5-9(2)7-12/h9,15H,3-8H2,1-2H3/t9-,12+/m0/s1. The van der Waals surface area contributed by atoms with Gasteiger partial charge < -0.3 is 9.63 Å². The molecule has 1 aliphatic carbocycles. The Kier molecular flexibility index (Phi) is 3.28. The fraction of sp³-hybridized carbons (Fsp3) is 0.833. The van der Waals surface area contributed by atoms with Gasteiger partial charge in [-0.1, -0.05) is 19.0 Å². The van der Waals surface area contributed by atoms with Crippen LogP contribution in [0.25, 0.3) is 0 Å². The number of nitrogens with zero attached hydrogens (tertiary/aromatic N) is 2. The summed E-state index contributed by atoms with van der Waals surface area (Å²) in [5.74, 6) is 1.94. The minimum Gasteiger partial charge on any atom is -0.389 e. The van der Waals surface area contributed by atoms with Crippen molar-refractivity contribution in [2.24, 2.45) is 5.92 Å². The molecule has 0 bridgehead atoms. The Morgan fingerprint density at radius 3 is 3.00 bits per heavy atom. The van der Waals surface area contributed by atoms with Gasteiger partial charge in [0.05, 0.1) is 12.0 Å². The molecule has 1 aromatic heterocycles. The van der Waals surface area contributed by atoms with Gasteiger partial charge in [-0.3, -0.25) is 0 Å². The second-order valence-corrected chi connectivity index (χ2v) is 5.10. The highest BCUT2D eigenvalue weighted by atomic mass is 16.5. The molecular formula is C12H20N2O2. The molecule has 0 aromatic carbocycles. The van der Waals surface area contributed by atoms with Gasteiger partial charge in [0, 0.05) is 6.42 Å². The fourth-order valence-corrected chi connectivity index (χ4v) is 2.50. The molecule has 0 unspecified atom stereocenters. The summed E-state index contributed by atoms with van der Waals surface area (Å²) in [7, 11) is 0. The van der Waals surface area contributed by atoms with E-state index in [2.05, 4.69) is 24.0 Å². The Labute approximate surface area is 96.1 Å². The van der Waals surface area contributed by atoms with Crippen LogP contribution in [0.1, 0.15) is 51.2 Å². The summed E-state index contributed by atoms with van der Waals surface area (Å²) in [4.78, 5) is 4.30. The lowest BCUT2D eigenvalue weighted by Gasteiger charge is -2.19. The van der Waals surface area contributed by atoms with E-state index in [4.69, 9.17) is 4.52 Å². The van der Waals surface area contributed by atoms with Crippen molar-refractivity contribution in [3.8, 4) is 0 Å². The third-order valence-corrected chi connectivity index (χ3v) is 3.29. The van der Waals surface area contributed by atoms with Crippen LogP contribution in [-0.4, -0.2) is 20.8 Å². The van der Waals surface area contributed by atoms with Crippen molar-refractivity contribution < 1.29 is 9.63 Å². The lowest BCUT2D eigenvalue weighted by molar-refractivity contribution is 0.0368. The number of rotatable bonds is 4. The predicted molar refractivity (Wildman–Crippen MR) is 60.0 cm³/mol. The van der Waals surface area contributed by atoms with Crippen molar-refractivity contribution in [1.82, 2.24) is 10.1 Å². The summed E-state index contributed by atoms with van der Waals surface area (Å²) in [6.07, 6.45) is 5.15. The zero-order valence-electron chi connectivity index (χ0n) is 10.1. The minimum absolute atomic E-state index is 0.508. The SMILES string of the molecule is CCCc1noc(C[C@@]2(O)CC[C@H](C)C2)n1. The van der Waals surface area contributed by atoms with E-state index in [1.54, 1.807) is 0 Å². The Morgan fingerprint density at radius 2 is 2.38 bits per heavy atom. The van der Waals surface area contributed by atoms with Gasteiger partial charge in [-0.25, -0.2) is 0 Å². The lowest BCUT2D eigenvalue weighted by Crippen LogP contribution is -2.27. The average molecular weight is 224 g/mol. The molecule has 2 atom stereocenters. The first-order chi connectivity index (χ1) is 7.61. The van der Waals surface area contributed by atoms with Crippen LogP contribution in [0.5, 0.6) is 0 Å². The Hall–Kier alpha value is -0.900. The van der Waals surface area contributed by atoms with Crippen LogP contribution in [0.2, 0.25) is 0 Å². The maximum atomic E-state index is 10.3. The molecule has 1 aromatic rings. The Bertz CT molecular complexity index is 351. The molecule has 1 fully saturated rings. The third-order valence-electron chi connectivity index (χ3n) is 3.29. The Morgan fingerprint density at radius 1 is 1.56 bits per heavy atom. The molecule has 4 nitrogen and oxygen atoms in total. The third kappa shape index (κ3) is 2.61. The lowest BCUT2D eigenvalue weighted by atomic mass is 9.97. The molecule has 16 heavy (non-hydrogen) atoms. The molecule has 0 spiro atoms. The van der Waals surface area contributed by atoms with Gasteiger partial charge in [-0.2, -0.15) is 4.98 Å². The molecule has 0 radical (unpaired) electrons. The molecule has 90 valence electrons. The van der Waals surface area contributed by atoms with E-state index in [0.717, 1.165) is 37.9 Å². The van der Waals surface area contributed by atoms with E-state index in [-0.39, 0.29) is 0 Å². The van der Waals surface area contributed by atoms with Gasteiger partial charge in [0.1, 0.15) is 0 Å². The summed E-state index contributed by atoms with van der Waals surface area (Å²) in [5, 5.41) is 14.2. The van der Waals surface area contributed by atoms with Crippen molar-refractivity contribution in [2.45, 2.75) is 58.0 Å². The van der Waals surface area contributed by atoms with E-state index in [1.807, 2.05) is 0 Å². The Balaban J connectivity index is 1.97. The van der Waals surface area contributed by atoms with Gasteiger partial charge in [0.25, 0.3) is 0 Å². The predicted octanol–water partition coefficient (Wildman–Crippen LogP) is 2.12. The van der Waals surface area contributed by atoms with Crippen LogP contribution < -0.4 is 0 Å². The van der Waals surface area contributed by atoms with Crippen LogP contribution in [0.4, 0.5) is 0 Å². The first kappa shape index (κ1) is 11.6. The smallest absolute Gasteiger partial charge is 0.229 e. The van der Waals surface area contributed by atoms with Gasteiger partial charge in [-0.05, 0) is 31.6 Å². The quantitative estimate of drug-likeness (QED) is 0.851. The maximum absolute atomic E-state index is 10.3. The molecule has 1 saturated carbocycles. The average Bonchev–Trinajstić information content (AvgIpc) is 2.75. The topological polar surface area (TPSA) is 59.2 Å². The molecule has 0 saturated heterocycles. The number of aromatic nitrogens is 2. The number of aryl methyl sites for hydroxylation is 1. The van der Waals surface area contributed by atoms with Crippen LogP contribution in [0, 0.1) is 5.92 Å². The molecule has 2 rings (SSSR count). The zero-order chi connectivity index (χ0) is 11.6. The molecule has 4 heteroatoms. The van der Waals surface area contributed by atoms with Crippen LogP contribution in [0.15, 0.2) is 4.52 Å². The zero-order valence-corrected chi connectivity index (χ0v) is 10.1. The van der Waals surface area contributed by atoms with Gasteiger partial charge >= 0.3 is 0 Å². The van der Waals surface area contributed by atoms with Crippen molar-refractivity contribution in [1.29, 1.82) is 0 Å². The molecule has 1 aliphatic rings. The maximum Gasteiger partial charge on any atom is 0.229 e. The summed E-state index contributed by atoms with van der Waals surface area (Å²) in [6, 6.07) is 0. The van der Waals surface area contributed by atoms with Crippen molar-refractivity contribution in [2.75, 3.05) is 0 Å². The number of aliphatic hydroxyl groups is 1. The molecule has 0 aliphatic heterocycles. The van der Waals surface area contributed by atoms with Crippen molar-refractivity contribution in [3.05, 3.63) is 11.7 Å². The van der Waals surface area contributed by atoms with E-state index in [1.165, 1.54) is 0 Å². The molecular weight excluding hydrogens is 204 g/mol. The summed E-state index contributed by atoms with van der Waals surface area (Å²) >= 11 is 0. The van der Waals surface area contributed by atoms with Gasteiger partial charge in [0.15, 0.2) is 5.82 Å². The second-order valence-electron chi connectivity index (χ2n) is 5.10. The summed E-state index contributed by atoms with van der Waals surface area (Å²) < 4.78 is 5.16. The first-order valence-electron chi connectivity index (χ1n) is 6.15. The normalized spacial score (nSPS) is 29.8. The van der Waals surface area contributed by atoms with Gasteiger partial charge in [0.2, 0.25) is 5.89 Å². The highest BCUT2D eigenvalue weighted by Crippen LogP contribution is 2.36. The first-order valence-corrected chi connectivity index (χ1v) is 6.15. The van der Waals surface area contributed by atoms with E-state index >= 15 is 0 Å². The van der Waals surface area contributed by atoms with Crippen LogP contribution in [0.3, 0.4) is 0 Å². The number of hydrogen-bond donors (Lipinski definition) is 1. The monoisotopic (exact) mass is 224 g/mol. The molecule has 1 heterocycles. The largest absolute Gasteiger partial charge is 0.389 e. The highest BCUT2D eigenvalue weighted by Gasteiger charge is 2.36. The van der Waals surface area contributed by atoms with Gasteiger partial charge in [-0.15, -0.1) is 0 Å². The van der Waals surface area contributed by atoms with E-state index in [0.29, 0.717) is 18.2 Å². The number of hydrogen-bond acceptors (Lipinski definition) is 4. The highest BCUT2D eigenvalue weighted by molar-refractivity contribution is 4.97. The fourth-order valence-electron chi connectivity index (χ4n) is 2.50.